The van der Waals surface area contributed by atoms with Crippen molar-refractivity contribution in [1.82, 2.24) is 20.9 Å². The maximum atomic E-state index is 4.00. The Morgan fingerprint density at radius 3 is 1.97 bits per heavy atom. The van der Waals surface area contributed by atoms with Gasteiger partial charge < -0.3 is 25.8 Å². The molecule has 356 valence electrons. The lowest BCUT2D eigenvalue weighted by Gasteiger charge is -2.30. The molecule has 0 aromatic heterocycles. The van der Waals surface area contributed by atoms with Crippen molar-refractivity contribution in [3.05, 3.63) is 139 Å². The number of piperidine rings is 1. The van der Waals surface area contributed by atoms with E-state index in [1.54, 1.807) is 0 Å². The number of rotatable bonds is 14. The van der Waals surface area contributed by atoms with Gasteiger partial charge in [-0.1, -0.05) is 166 Å². The Kier molecular flexibility index (Phi) is 30.7. The molecule has 2 atom stereocenters. The van der Waals surface area contributed by atoms with Crippen molar-refractivity contribution in [2.24, 2.45) is 17.8 Å². The highest BCUT2D eigenvalue weighted by Gasteiger charge is 2.21. The van der Waals surface area contributed by atoms with E-state index < -0.39 is 0 Å². The van der Waals surface area contributed by atoms with E-state index >= 15 is 0 Å². The SMILES string of the molecule is C/C=C(\C(C)=C/C(C)C)c1ccc(C2=CNC(CC3CCC3)C=C2)cc1.C=CCCC(C)C(=C)NC.C=Cc1cc(N2CCNCC2)ccc1C(=C)C.CC.CC.CN1CCCCC1. The van der Waals surface area contributed by atoms with Gasteiger partial charge in [0.1, 0.15) is 0 Å². The second-order valence-electron chi connectivity index (χ2n) is 17.5. The summed E-state index contributed by atoms with van der Waals surface area (Å²) in [6, 6.07) is 16.0. The Balaban J connectivity index is 0.000000461. The van der Waals surface area contributed by atoms with Crippen LogP contribution in [0, 0.1) is 17.8 Å². The third-order valence-electron chi connectivity index (χ3n) is 12.1. The Hall–Kier alpha value is -4.32. The third kappa shape index (κ3) is 21.6. The molecule has 0 bridgehead atoms. The van der Waals surface area contributed by atoms with Gasteiger partial charge in [0.25, 0.3) is 0 Å². The standard InChI is InChI=1S/C25H33N.C15H20N2.C9H17N.C6H13N.2C2H6/c1-5-25(19(4)15-18(2)3)22-11-9-21(10-12-22)23-13-14-24(26-17-23)16-20-7-6-8-20;1-4-13-11-14(5-6-15(13)12(2)3)17-9-7-16-8-10-17;1-5-6-7-8(2)9(3)10-4;1-7-5-3-2-4-6-7;2*1-2/h5,9-15,17-18,20,24,26H,6-8,16H2,1-4H3;4-6,11,16H,1-2,7-10H2,3H3;5,8,10H,1,3,6-7H2,2,4H3;2-6H2,1H3;2*1-2H3/b19-15-,25-5+;;;;;. The summed E-state index contributed by atoms with van der Waals surface area (Å²) in [5, 5.41) is 10.00. The van der Waals surface area contributed by atoms with E-state index in [0.29, 0.717) is 17.9 Å². The third-order valence-corrected chi connectivity index (χ3v) is 12.1. The van der Waals surface area contributed by atoms with Crippen LogP contribution in [0.4, 0.5) is 5.69 Å². The molecule has 2 aromatic carbocycles. The Morgan fingerprint density at radius 1 is 0.875 bits per heavy atom. The van der Waals surface area contributed by atoms with Crippen LogP contribution in [0.5, 0.6) is 0 Å². The van der Waals surface area contributed by atoms with Crippen LogP contribution in [0.25, 0.3) is 22.8 Å². The fraction of sp³-hybridized carbons (Fsp3) is 0.525. The van der Waals surface area contributed by atoms with E-state index in [0.717, 1.165) is 56.2 Å². The number of hydrogen-bond acceptors (Lipinski definition) is 5. The van der Waals surface area contributed by atoms with Crippen LogP contribution < -0.4 is 20.9 Å². The van der Waals surface area contributed by atoms with Crippen LogP contribution >= 0.6 is 0 Å². The van der Waals surface area contributed by atoms with Gasteiger partial charge in [-0.15, -0.1) is 6.58 Å². The molecule has 3 aliphatic heterocycles. The van der Waals surface area contributed by atoms with Crippen LogP contribution in [-0.2, 0) is 0 Å². The summed E-state index contributed by atoms with van der Waals surface area (Å²) in [5.41, 5.74) is 12.4. The number of allylic oxidation sites excluding steroid dienone is 9. The van der Waals surface area contributed by atoms with Gasteiger partial charge in [-0.25, -0.2) is 0 Å². The van der Waals surface area contributed by atoms with E-state index in [-0.39, 0.29) is 0 Å². The lowest BCUT2D eigenvalue weighted by Crippen LogP contribution is -2.43. The van der Waals surface area contributed by atoms with Crippen molar-refractivity contribution >= 4 is 28.5 Å². The molecule has 2 aromatic rings. The van der Waals surface area contributed by atoms with Crippen LogP contribution in [0.3, 0.4) is 0 Å². The first kappa shape index (κ1) is 57.7. The van der Waals surface area contributed by atoms with Crippen molar-refractivity contribution in [3.8, 4) is 0 Å². The number of benzene rings is 2. The van der Waals surface area contributed by atoms with Gasteiger partial charge in [-0.05, 0) is 142 Å². The summed E-state index contributed by atoms with van der Waals surface area (Å²) in [5.74, 6) is 2.07. The number of hydrogen-bond donors (Lipinski definition) is 3. The second kappa shape index (κ2) is 34.1. The number of nitrogens with one attached hydrogen (secondary N) is 3. The van der Waals surface area contributed by atoms with Crippen molar-refractivity contribution in [1.29, 1.82) is 0 Å². The Labute approximate surface area is 395 Å². The van der Waals surface area contributed by atoms with E-state index in [9.17, 15) is 0 Å². The highest BCUT2D eigenvalue weighted by Crippen LogP contribution is 2.32. The van der Waals surface area contributed by atoms with E-state index in [1.807, 2.05) is 53.8 Å². The molecule has 5 heteroatoms. The van der Waals surface area contributed by atoms with Gasteiger partial charge in [-0.3, -0.25) is 0 Å². The minimum atomic E-state index is 0.516. The van der Waals surface area contributed by atoms with Crippen LogP contribution in [-0.4, -0.2) is 64.3 Å². The molecule has 0 radical (unpaired) electrons. The van der Waals surface area contributed by atoms with Gasteiger partial charge in [0, 0.05) is 56.9 Å². The molecule has 64 heavy (non-hydrogen) atoms. The van der Waals surface area contributed by atoms with E-state index in [2.05, 4.69) is 167 Å². The predicted octanol–water partition coefficient (Wildman–Crippen LogP) is 15.0. The quantitative estimate of drug-likeness (QED) is 0.130. The largest absolute Gasteiger partial charge is 0.392 e. The lowest BCUT2D eigenvalue weighted by molar-refractivity contribution is 0.277. The summed E-state index contributed by atoms with van der Waals surface area (Å²) in [6.07, 6.45) is 27.3. The number of anilines is 1. The molecule has 3 N–H and O–H groups in total. The number of nitrogens with zero attached hydrogens (tertiary/aromatic N) is 2. The molecule has 2 saturated heterocycles. The molecule has 4 aliphatic rings. The van der Waals surface area contributed by atoms with E-state index in [1.165, 1.54) is 103 Å². The molecular weight excluding hydrogens is 779 g/mol. The lowest BCUT2D eigenvalue weighted by atomic mass is 9.80. The Bertz CT molecular complexity index is 1740. The first-order chi connectivity index (χ1) is 30.9. The average Bonchev–Trinajstić information content (AvgIpc) is 3.31. The van der Waals surface area contributed by atoms with Gasteiger partial charge >= 0.3 is 0 Å². The molecule has 5 nitrogen and oxygen atoms in total. The summed E-state index contributed by atoms with van der Waals surface area (Å²) in [4.78, 5) is 4.80. The summed E-state index contributed by atoms with van der Waals surface area (Å²) in [6.45, 7) is 43.3. The van der Waals surface area contributed by atoms with Crippen molar-refractivity contribution < 1.29 is 0 Å². The molecule has 1 aliphatic carbocycles. The predicted molar refractivity (Wildman–Crippen MR) is 292 cm³/mol. The fourth-order valence-electron chi connectivity index (χ4n) is 8.06. The highest BCUT2D eigenvalue weighted by molar-refractivity contribution is 5.81. The number of piperazine rings is 1. The number of likely N-dealkylation sites (tertiary alicyclic amines) is 1. The average molecular weight is 874 g/mol. The highest BCUT2D eigenvalue weighted by atomic mass is 15.2. The van der Waals surface area contributed by atoms with Crippen molar-refractivity contribution in [2.45, 2.75) is 133 Å². The molecule has 2 unspecified atom stereocenters. The van der Waals surface area contributed by atoms with Crippen molar-refractivity contribution in [2.75, 3.05) is 58.3 Å². The summed E-state index contributed by atoms with van der Waals surface area (Å²) in [7, 11) is 4.10. The Morgan fingerprint density at radius 2 is 1.52 bits per heavy atom. The van der Waals surface area contributed by atoms with E-state index in [4.69, 9.17) is 0 Å². The smallest absolute Gasteiger partial charge is 0.0445 e. The van der Waals surface area contributed by atoms with Crippen LogP contribution in [0.2, 0.25) is 0 Å². The molecule has 0 spiro atoms. The van der Waals surface area contributed by atoms with Gasteiger partial charge in [-0.2, -0.15) is 0 Å². The normalized spacial score (nSPS) is 17.7. The molecule has 6 rings (SSSR count). The summed E-state index contributed by atoms with van der Waals surface area (Å²) < 4.78 is 0. The van der Waals surface area contributed by atoms with Crippen LogP contribution in [0.1, 0.15) is 149 Å². The maximum Gasteiger partial charge on any atom is 0.0445 e. The second-order valence-corrected chi connectivity index (χ2v) is 17.5. The zero-order chi connectivity index (χ0) is 47.9. The molecule has 1 saturated carbocycles. The molecular formula is C59H95N5. The first-order valence-corrected chi connectivity index (χ1v) is 25.0. The zero-order valence-corrected chi connectivity index (χ0v) is 43.2. The number of dihydropyridines is 1. The topological polar surface area (TPSA) is 42.6 Å². The van der Waals surface area contributed by atoms with Gasteiger partial charge in [0.05, 0.1) is 0 Å². The minimum Gasteiger partial charge on any atom is -0.392 e. The van der Waals surface area contributed by atoms with Gasteiger partial charge in [0.15, 0.2) is 0 Å². The molecule has 0 amide bonds. The van der Waals surface area contributed by atoms with Gasteiger partial charge in [0.2, 0.25) is 0 Å². The van der Waals surface area contributed by atoms with Crippen molar-refractivity contribution in [3.63, 3.8) is 0 Å². The maximum absolute atomic E-state index is 4.00. The van der Waals surface area contributed by atoms with Crippen LogP contribution in [0.15, 0.2) is 117 Å². The fourth-order valence-corrected chi connectivity index (χ4v) is 8.06. The summed E-state index contributed by atoms with van der Waals surface area (Å²) >= 11 is 0. The zero-order valence-electron chi connectivity index (χ0n) is 43.2. The molecule has 3 heterocycles. The first-order valence-electron chi connectivity index (χ1n) is 25.0. The minimum absolute atomic E-state index is 0.516. The monoisotopic (exact) mass is 874 g/mol. The molecule has 3 fully saturated rings.